The van der Waals surface area contributed by atoms with Crippen molar-refractivity contribution in [2.24, 2.45) is 0 Å². The van der Waals surface area contributed by atoms with Crippen LogP contribution in [0.2, 0.25) is 0 Å². The van der Waals surface area contributed by atoms with Crippen LogP contribution in [0.3, 0.4) is 0 Å². The molecule has 2 aromatic rings. The average molecular weight is 360 g/mol. The smallest absolute Gasteiger partial charge is 0.340 e. The fourth-order valence-electron chi connectivity index (χ4n) is 1.55. The third kappa shape index (κ3) is 2.32. The molecule has 4 nitrogen and oxygen atoms in total. The standard InChI is InChI=1S/C11H8Br2N2O2/c1-17-11(16)8-5-14-15-9-6(8)3-2-4-7(9)10(12)13/h2-5,10H,1H3. The van der Waals surface area contributed by atoms with Gasteiger partial charge in [-0.25, -0.2) is 4.79 Å². The summed E-state index contributed by atoms with van der Waals surface area (Å²) in [5, 5.41) is 8.62. The van der Waals surface area contributed by atoms with Crippen molar-refractivity contribution < 1.29 is 9.53 Å². The first kappa shape index (κ1) is 12.4. The number of rotatable bonds is 2. The van der Waals surface area contributed by atoms with E-state index in [0.717, 1.165) is 10.9 Å². The van der Waals surface area contributed by atoms with Crippen LogP contribution in [0.15, 0.2) is 24.4 Å². The van der Waals surface area contributed by atoms with Crippen molar-refractivity contribution in [2.75, 3.05) is 7.11 Å². The largest absolute Gasteiger partial charge is 0.465 e. The van der Waals surface area contributed by atoms with Gasteiger partial charge in [0.05, 0.1) is 28.1 Å². The minimum absolute atomic E-state index is 0.0408. The molecule has 0 aliphatic carbocycles. The highest BCUT2D eigenvalue weighted by molar-refractivity contribution is 9.24. The van der Waals surface area contributed by atoms with Crippen molar-refractivity contribution in [3.8, 4) is 0 Å². The molecule has 88 valence electrons. The van der Waals surface area contributed by atoms with E-state index in [0.29, 0.717) is 11.1 Å². The minimum Gasteiger partial charge on any atom is -0.465 e. The first-order valence-corrected chi connectivity index (χ1v) is 6.59. The van der Waals surface area contributed by atoms with Gasteiger partial charge in [0.2, 0.25) is 0 Å². The van der Waals surface area contributed by atoms with Crippen molar-refractivity contribution in [3.63, 3.8) is 0 Å². The summed E-state index contributed by atoms with van der Waals surface area (Å²) in [6, 6.07) is 5.59. The molecule has 2 rings (SSSR count). The van der Waals surface area contributed by atoms with Crippen LogP contribution in [0.5, 0.6) is 0 Å². The summed E-state index contributed by atoms with van der Waals surface area (Å²) in [5.41, 5.74) is 2.01. The first-order valence-electron chi connectivity index (χ1n) is 4.76. The Morgan fingerprint density at radius 2 is 2.18 bits per heavy atom. The zero-order valence-electron chi connectivity index (χ0n) is 8.85. The van der Waals surface area contributed by atoms with Gasteiger partial charge in [-0.05, 0) is 0 Å². The van der Waals surface area contributed by atoms with Crippen molar-refractivity contribution >= 4 is 48.7 Å². The topological polar surface area (TPSA) is 52.1 Å². The number of ether oxygens (including phenoxy) is 1. The van der Waals surface area contributed by atoms with Gasteiger partial charge in [0.25, 0.3) is 0 Å². The van der Waals surface area contributed by atoms with Crippen LogP contribution in [-0.2, 0) is 4.74 Å². The second-order valence-electron chi connectivity index (χ2n) is 3.29. The lowest BCUT2D eigenvalue weighted by Crippen LogP contribution is -2.04. The molecule has 0 saturated heterocycles. The van der Waals surface area contributed by atoms with Gasteiger partial charge in [-0.3, -0.25) is 0 Å². The summed E-state index contributed by atoms with van der Waals surface area (Å²) in [6.45, 7) is 0. The molecule has 0 atom stereocenters. The Labute approximate surface area is 115 Å². The fourth-order valence-corrected chi connectivity index (χ4v) is 2.29. The van der Waals surface area contributed by atoms with Crippen LogP contribution >= 0.6 is 31.9 Å². The van der Waals surface area contributed by atoms with E-state index in [9.17, 15) is 4.79 Å². The van der Waals surface area contributed by atoms with Crippen molar-refractivity contribution in [1.29, 1.82) is 0 Å². The number of fused-ring (bicyclic) bond motifs is 1. The second-order valence-corrected chi connectivity index (χ2v) is 6.35. The summed E-state index contributed by atoms with van der Waals surface area (Å²) >= 11 is 6.83. The van der Waals surface area contributed by atoms with Crippen molar-refractivity contribution in [2.45, 2.75) is 3.74 Å². The highest BCUT2D eigenvalue weighted by Gasteiger charge is 2.15. The van der Waals surface area contributed by atoms with Gasteiger partial charge in [0, 0.05) is 10.9 Å². The van der Waals surface area contributed by atoms with E-state index >= 15 is 0 Å². The molecule has 0 saturated carbocycles. The van der Waals surface area contributed by atoms with Gasteiger partial charge >= 0.3 is 5.97 Å². The molecule has 6 heteroatoms. The van der Waals surface area contributed by atoms with E-state index < -0.39 is 5.97 Å². The van der Waals surface area contributed by atoms with E-state index in [2.05, 4.69) is 42.1 Å². The van der Waals surface area contributed by atoms with Crippen LogP contribution < -0.4 is 0 Å². The minimum atomic E-state index is -0.414. The highest BCUT2D eigenvalue weighted by Crippen LogP contribution is 2.33. The number of nitrogens with zero attached hydrogens (tertiary/aromatic N) is 2. The molecular weight excluding hydrogens is 352 g/mol. The van der Waals surface area contributed by atoms with Gasteiger partial charge in [0.15, 0.2) is 0 Å². The van der Waals surface area contributed by atoms with Gasteiger partial charge in [-0.1, -0.05) is 50.1 Å². The molecule has 0 fully saturated rings. The number of carbonyl (C=O) groups is 1. The average Bonchev–Trinajstić information content (AvgIpc) is 2.36. The lowest BCUT2D eigenvalue weighted by Gasteiger charge is -2.08. The Morgan fingerprint density at radius 3 is 2.82 bits per heavy atom. The molecule has 0 radical (unpaired) electrons. The molecule has 0 spiro atoms. The van der Waals surface area contributed by atoms with Gasteiger partial charge < -0.3 is 4.74 Å². The summed E-state index contributed by atoms with van der Waals surface area (Å²) in [7, 11) is 1.34. The molecule has 0 unspecified atom stereocenters. The number of benzene rings is 1. The zero-order valence-corrected chi connectivity index (χ0v) is 12.0. The van der Waals surface area contributed by atoms with E-state index in [1.165, 1.54) is 13.3 Å². The third-order valence-corrected chi connectivity index (χ3v) is 3.33. The lowest BCUT2D eigenvalue weighted by molar-refractivity contribution is 0.0602. The van der Waals surface area contributed by atoms with Crippen LogP contribution in [0, 0.1) is 0 Å². The number of esters is 1. The maximum absolute atomic E-state index is 11.6. The van der Waals surface area contributed by atoms with Crippen LogP contribution in [0.25, 0.3) is 10.9 Å². The number of carbonyl (C=O) groups excluding carboxylic acids is 1. The number of halogens is 2. The Hall–Kier alpha value is -1.01. The van der Waals surface area contributed by atoms with E-state index in [1.807, 2.05) is 18.2 Å². The zero-order chi connectivity index (χ0) is 12.4. The quantitative estimate of drug-likeness (QED) is 0.610. The Morgan fingerprint density at radius 1 is 1.41 bits per heavy atom. The normalized spacial score (nSPS) is 10.8. The molecule has 0 N–H and O–H groups in total. The third-order valence-electron chi connectivity index (χ3n) is 2.34. The van der Waals surface area contributed by atoms with E-state index in [1.54, 1.807) is 0 Å². The Bertz CT molecular complexity index is 572. The molecule has 0 bridgehead atoms. The first-order chi connectivity index (χ1) is 8.15. The van der Waals surface area contributed by atoms with Gasteiger partial charge in [0.1, 0.15) is 0 Å². The second kappa shape index (κ2) is 5.10. The predicted molar refractivity (Wildman–Crippen MR) is 71.5 cm³/mol. The Kier molecular flexibility index (Phi) is 3.73. The SMILES string of the molecule is COC(=O)c1cnnc2c(C(Br)Br)cccc12. The maximum Gasteiger partial charge on any atom is 0.340 e. The predicted octanol–water partition coefficient (Wildman–Crippen LogP) is 3.20. The molecule has 1 aromatic carbocycles. The number of methoxy groups -OCH3 is 1. The Balaban J connectivity index is 2.74. The monoisotopic (exact) mass is 358 g/mol. The molecule has 0 aliphatic heterocycles. The van der Waals surface area contributed by atoms with E-state index in [-0.39, 0.29) is 3.74 Å². The fraction of sp³-hybridized carbons (Fsp3) is 0.182. The van der Waals surface area contributed by atoms with E-state index in [4.69, 9.17) is 4.74 Å². The molecule has 0 amide bonds. The van der Waals surface area contributed by atoms with Gasteiger partial charge in [-0.15, -0.1) is 0 Å². The van der Waals surface area contributed by atoms with Crippen molar-refractivity contribution in [3.05, 3.63) is 35.5 Å². The lowest BCUT2D eigenvalue weighted by atomic mass is 10.1. The number of aromatic nitrogens is 2. The van der Waals surface area contributed by atoms with Crippen molar-refractivity contribution in [1.82, 2.24) is 10.2 Å². The summed E-state index contributed by atoms with van der Waals surface area (Å²) in [5.74, 6) is -0.414. The maximum atomic E-state index is 11.6. The molecule has 17 heavy (non-hydrogen) atoms. The summed E-state index contributed by atoms with van der Waals surface area (Å²) in [4.78, 5) is 11.6. The molecular formula is C11H8Br2N2O2. The van der Waals surface area contributed by atoms with Crippen LogP contribution in [0.4, 0.5) is 0 Å². The number of alkyl halides is 2. The molecule has 0 aliphatic rings. The summed E-state index contributed by atoms with van der Waals surface area (Å²) < 4.78 is 4.67. The molecule has 1 aromatic heterocycles. The number of hydrogen-bond acceptors (Lipinski definition) is 4. The van der Waals surface area contributed by atoms with Crippen LogP contribution in [-0.4, -0.2) is 23.3 Å². The summed E-state index contributed by atoms with van der Waals surface area (Å²) in [6.07, 6.45) is 1.41. The highest BCUT2D eigenvalue weighted by atomic mass is 79.9. The number of hydrogen-bond donors (Lipinski definition) is 0. The van der Waals surface area contributed by atoms with Crippen LogP contribution in [0.1, 0.15) is 19.7 Å². The van der Waals surface area contributed by atoms with Gasteiger partial charge in [-0.2, -0.15) is 10.2 Å². The molecule has 1 heterocycles.